The highest BCUT2D eigenvalue weighted by atomic mass is 19.4. The second-order valence-electron chi connectivity index (χ2n) is 9.48. The van der Waals surface area contributed by atoms with Crippen LogP contribution < -0.4 is 30.5 Å². The van der Waals surface area contributed by atoms with Crippen LogP contribution in [0.2, 0.25) is 0 Å². The molecular formula is C27H26F3N7O4. The predicted molar refractivity (Wildman–Crippen MR) is 144 cm³/mol. The summed E-state index contributed by atoms with van der Waals surface area (Å²) in [6.07, 6.45) is -1.31. The van der Waals surface area contributed by atoms with Gasteiger partial charge in [0.1, 0.15) is 12.4 Å². The monoisotopic (exact) mass is 569 g/mol. The van der Waals surface area contributed by atoms with Gasteiger partial charge in [-0.15, -0.1) is 0 Å². The van der Waals surface area contributed by atoms with Crippen molar-refractivity contribution in [3.05, 3.63) is 65.4 Å². The van der Waals surface area contributed by atoms with Gasteiger partial charge in [0, 0.05) is 30.4 Å². The number of carbonyl (C=O) groups is 3. The molecule has 5 rings (SSSR count). The minimum Gasteiger partial charge on any atom is -0.492 e. The van der Waals surface area contributed by atoms with Gasteiger partial charge in [-0.25, -0.2) is 9.78 Å². The van der Waals surface area contributed by atoms with Crippen LogP contribution in [0.1, 0.15) is 34.3 Å². The molecule has 4 amide bonds. The maximum atomic E-state index is 13.8. The minimum atomic E-state index is -4.61. The fourth-order valence-corrected chi connectivity index (χ4v) is 4.39. The Morgan fingerprint density at radius 2 is 1.90 bits per heavy atom. The molecule has 2 heterocycles. The molecule has 0 atom stereocenters. The number of para-hydroxylation sites is 1. The van der Waals surface area contributed by atoms with Crippen molar-refractivity contribution >= 4 is 41.0 Å². The molecule has 0 radical (unpaired) electrons. The van der Waals surface area contributed by atoms with Crippen molar-refractivity contribution in [3.63, 3.8) is 0 Å². The first-order valence-corrected chi connectivity index (χ1v) is 12.7. The van der Waals surface area contributed by atoms with Crippen LogP contribution in [0.3, 0.4) is 0 Å². The lowest BCUT2D eigenvalue weighted by Gasteiger charge is -2.36. The molecule has 2 aromatic carbocycles. The van der Waals surface area contributed by atoms with Gasteiger partial charge in [0.15, 0.2) is 5.75 Å². The second-order valence-corrected chi connectivity index (χ2v) is 9.48. The number of aromatic nitrogens is 2. The number of hydrogen-bond donors (Lipinski definition) is 3. The summed E-state index contributed by atoms with van der Waals surface area (Å²) in [6.45, 7) is -0.256. The van der Waals surface area contributed by atoms with E-state index in [1.807, 2.05) is 0 Å². The van der Waals surface area contributed by atoms with Gasteiger partial charge in [0.05, 0.1) is 30.6 Å². The summed E-state index contributed by atoms with van der Waals surface area (Å²) in [7, 11) is 2.97. The van der Waals surface area contributed by atoms with Crippen molar-refractivity contribution < 1.29 is 32.3 Å². The molecule has 11 nitrogen and oxygen atoms in total. The number of rotatable bonds is 8. The molecule has 2 aliphatic rings. The fourth-order valence-electron chi connectivity index (χ4n) is 4.39. The summed E-state index contributed by atoms with van der Waals surface area (Å²) in [6, 6.07) is 8.20. The van der Waals surface area contributed by atoms with Crippen LogP contribution in [-0.4, -0.2) is 54.6 Å². The molecule has 1 aliphatic heterocycles. The van der Waals surface area contributed by atoms with Gasteiger partial charge in [0.25, 0.3) is 5.91 Å². The Kier molecular flexibility index (Phi) is 7.39. The van der Waals surface area contributed by atoms with E-state index in [-0.39, 0.29) is 59.5 Å². The van der Waals surface area contributed by atoms with Gasteiger partial charge in [-0.2, -0.15) is 18.2 Å². The second kappa shape index (κ2) is 10.9. The average Bonchev–Trinajstić information content (AvgIpc) is 3.77. The highest BCUT2D eigenvalue weighted by molar-refractivity contribution is 6.10. The van der Waals surface area contributed by atoms with Crippen LogP contribution in [0.25, 0.3) is 0 Å². The Balaban J connectivity index is 1.47. The molecule has 3 N–H and O–H groups in total. The number of amides is 4. The highest BCUT2D eigenvalue weighted by Crippen LogP contribution is 2.40. The third kappa shape index (κ3) is 5.85. The molecule has 1 fully saturated rings. The maximum Gasteiger partial charge on any atom is 0.416 e. The zero-order valence-corrected chi connectivity index (χ0v) is 22.1. The summed E-state index contributed by atoms with van der Waals surface area (Å²) in [4.78, 5) is 50.7. The number of methoxy groups -OCH3 is 1. The zero-order valence-electron chi connectivity index (χ0n) is 22.1. The van der Waals surface area contributed by atoms with E-state index >= 15 is 0 Å². The largest absolute Gasteiger partial charge is 0.492 e. The van der Waals surface area contributed by atoms with Crippen LogP contribution in [0.4, 0.5) is 41.1 Å². The fraction of sp³-hybridized carbons (Fsp3) is 0.296. The molecule has 0 saturated heterocycles. The molecule has 1 aliphatic carbocycles. The number of carbonyl (C=O) groups excluding carboxylic acids is 3. The summed E-state index contributed by atoms with van der Waals surface area (Å²) in [5, 5.41) is 8.26. The van der Waals surface area contributed by atoms with Crippen molar-refractivity contribution in [1.29, 1.82) is 0 Å². The van der Waals surface area contributed by atoms with E-state index in [9.17, 15) is 27.6 Å². The summed E-state index contributed by atoms with van der Waals surface area (Å²) in [5.41, 5.74) is -0.220. The number of nitrogens with one attached hydrogen (secondary N) is 3. The standard InChI is InChI=1S/C27H26F3N7O4/c1-31-25-32-12-16-13-36(26(40)37(23(16)35-25)14-21(38)33-18-9-10-18)20-8-4-7-19(22(20)41-2)34-24(39)15-5-3-6-17(11-15)27(28,29)30/h3-8,11-12,18H,9-10,13-14H2,1-2H3,(H,33,38)(H,34,39)(H,31,32,35). The number of hydrogen-bond acceptors (Lipinski definition) is 7. The molecule has 1 saturated carbocycles. The van der Waals surface area contributed by atoms with E-state index in [1.54, 1.807) is 25.4 Å². The number of benzene rings is 2. The molecule has 1 aromatic heterocycles. The smallest absolute Gasteiger partial charge is 0.416 e. The van der Waals surface area contributed by atoms with E-state index in [2.05, 4.69) is 25.9 Å². The molecular weight excluding hydrogens is 543 g/mol. The normalized spacial score (nSPS) is 14.8. The Morgan fingerprint density at radius 3 is 2.59 bits per heavy atom. The first-order valence-electron chi connectivity index (χ1n) is 12.7. The van der Waals surface area contributed by atoms with E-state index in [0.29, 0.717) is 5.56 Å². The van der Waals surface area contributed by atoms with Crippen LogP contribution in [0.15, 0.2) is 48.7 Å². The molecule has 0 bridgehead atoms. The van der Waals surface area contributed by atoms with E-state index < -0.39 is 23.7 Å². The molecule has 0 spiro atoms. The Bertz CT molecular complexity index is 1510. The van der Waals surface area contributed by atoms with Crippen LogP contribution in [-0.2, 0) is 17.5 Å². The number of urea groups is 1. The van der Waals surface area contributed by atoms with Gasteiger partial charge < -0.3 is 20.7 Å². The Labute approximate surface area is 232 Å². The SMILES string of the molecule is CNc1ncc2c(n1)N(CC(=O)NC1CC1)C(=O)N(c1cccc(NC(=O)c3cccc(C(F)(F)F)c3)c1OC)C2. The Hall–Kier alpha value is -4.88. The number of nitrogens with zero attached hydrogens (tertiary/aromatic N) is 4. The predicted octanol–water partition coefficient (Wildman–Crippen LogP) is 4.02. The average molecular weight is 570 g/mol. The number of halogens is 3. The van der Waals surface area contributed by atoms with Gasteiger partial charge >= 0.3 is 12.2 Å². The molecule has 214 valence electrons. The van der Waals surface area contributed by atoms with Crippen molar-refractivity contribution in [2.75, 3.05) is 41.1 Å². The van der Waals surface area contributed by atoms with Crippen LogP contribution >= 0.6 is 0 Å². The van der Waals surface area contributed by atoms with Crippen molar-refractivity contribution in [2.24, 2.45) is 0 Å². The van der Waals surface area contributed by atoms with Crippen molar-refractivity contribution in [2.45, 2.75) is 31.6 Å². The molecule has 41 heavy (non-hydrogen) atoms. The van der Waals surface area contributed by atoms with E-state index in [1.165, 1.54) is 29.0 Å². The maximum absolute atomic E-state index is 13.8. The highest BCUT2D eigenvalue weighted by Gasteiger charge is 2.37. The van der Waals surface area contributed by atoms with Crippen molar-refractivity contribution in [1.82, 2.24) is 15.3 Å². The van der Waals surface area contributed by atoms with Gasteiger partial charge in [-0.1, -0.05) is 12.1 Å². The number of anilines is 4. The van der Waals surface area contributed by atoms with Gasteiger partial charge in [-0.05, 0) is 43.2 Å². The number of ether oxygens (including phenoxy) is 1. The quantitative estimate of drug-likeness (QED) is 0.374. The first kappa shape index (κ1) is 27.7. The lowest BCUT2D eigenvalue weighted by atomic mass is 10.1. The summed E-state index contributed by atoms with van der Waals surface area (Å²) in [5.74, 6) is -0.487. The Morgan fingerprint density at radius 1 is 1.15 bits per heavy atom. The van der Waals surface area contributed by atoms with Gasteiger partial charge in [-0.3, -0.25) is 19.4 Å². The zero-order chi connectivity index (χ0) is 29.3. The molecule has 14 heteroatoms. The molecule has 3 aromatic rings. The lowest BCUT2D eigenvalue weighted by molar-refractivity contribution is -0.137. The van der Waals surface area contributed by atoms with Crippen LogP contribution in [0.5, 0.6) is 5.75 Å². The van der Waals surface area contributed by atoms with Crippen LogP contribution in [0, 0.1) is 0 Å². The van der Waals surface area contributed by atoms with Gasteiger partial charge in [0.2, 0.25) is 11.9 Å². The summed E-state index contributed by atoms with van der Waals surface area (Å²) < 4.78 is 45.1. The number of fused-ring (bicyclic) bond motifs is 1. The third-order valence-corrected chi connectivity index (χ3v) is 6.54. The number of alkyl halides is 3. The third-order valence-electron chi connectivity index (χ3n) is 6.54. The lowest BCUT2D eigenvalue weighted by Crippen LogP contribution is -2.51. The summed E-state index contributed by atoms with van der Waals surface area (Å²) >= 11 is 0. The molecule has 0 unspecified atom stereocenters. The van der Waals surface area contributed by atoms with Crippen molar-refractivity contribution in [3.8, 4) is 5.75 Å². The van der Waals surface area contributed by atoms with E-state index in [0.717, 1.165) is 31.0 Å². The minimum absolute atomic E-state index is 0.0281. The first-order chi connectivity index (χ1) is 19.6. The topological polar surface area (TPSA) is 129 Å². The van der Waals surface area contributed by atoms with E-state index in [4.69, 9.17) is 4.74 Å².